The van der Waals surface area contributed by atoms with E-state index in [-0.39, 0.29) is 18.5 Å². The first kappa shape index (κ1) is 25.1. The average Bonchev–Trinajstić information content (AvgIpc) is 3.38. The van der Waals surface area contributed by atoms with Crippen LogP contribution in [-0.2, 0) is 11.3 Å². The van der Waals surface area contributed by atoms with Crippen molar-refractivity contribution < 1.29 is 4.79 Å². The summed E-state index contributed by atoms with van der Waals surface area (Å²) in [6.07, 6.45) is 8.65. The summed E-state index contributed by atoms with van der Waals surface area (Å²) in [5.74, 6) is 0.0116. The van der Waals surface area contributed by atoms with E-state index in [1.54, 1.807) is 41.5 Å². The molecule has 0 spiro atoms. The Morgan fingerprint density at radius 1 is 1.19 bits per heavy atom. The number of likely N-dealkylation sites (tertiary alicyclic amines) is 1. The van der Waals surface area contributed by atoms with E-state index in [2.05, 4.69) is 21.5 Å². The number of allylic oxidation sites excluding steroid dienone is 1. The van der Waals surface area contributed by atoms with Gasteiger partial charge in [0.05, 0.1) is 24.0 Å². The molecule has 1 amide bonds. The second-order valence-electron chi connectivity index (χ2n) is 8.47. The van der Waals surface area contributed by atoms with Crippen LogP contribution in [0, 0.1) is 0 Å². The van der Waals surface area contributed by atoms with Crippen LogP contribution in [0.4, 0.5) is 0 Å². The Kier molecular flexibility index (Phi) is 8.47. The zero-order chi connectivity index (χ0) is 25.3. The lowest BCUT2D eigenvalue weighted by Crippen LogP contribution is -2.40. The number of amides is 1. The van der Waals surface area contributed by atoms with Gasteiger partial charge in [0.25, 0.3) is 0 Å². The largest absolute Gasteiger partial charge is 0.404 e. The highest BCUT2D eigenvalue weighted by Crippen LogP contribution is 2.19. The maximum absolute atomic E-state index is 13.3. The molecule has 36 heavy (non-hydrogen) atoms. The van der Waals surface area contributed by atoms with Crippen molar-refractivity contribution in [2.24, 2.45) is 15.7 Å². The number of pyridine rings is 2. The summed E-state index contributed by atoms with van der Waals surface area (Å²) in [7, 11) is 0. The van der Waals surface area contributed by atoms with Gasteiger partial charge in [-0.05, 0) is 42.7 Å². The number of aliphatic imine (C=N–C) groups is 1. The van der Waals surface area contributed by atoms with Gasteiger partial charge in [0.2, 0.25) is 5.91 Å². The second-order valence-corrected chi connectivity index (χ2v) is 8.91. The Morgan fingerprint density at radius 3 is 2.75 bits per heavy atom. The van der Waals surface area contributed by atoms with Gasteiger partial charge in [0.15, 0.2) is 0 Å². The van der Waals surface area contributed by atoms with Gasteiger partial charge in [-0.25, -0.2) is 4.99 Å². The second kappa shape index (κ2) is 12.1. The smallest absolute Gasteiger partial charge is 0.242 e. The lowest BCUT2D eigenvalue weighted by atomic mass is 10.1. The van der Waals surface area contributed by atoms with Crippen molar-refractivity contribution >= 4 is 35.0 Å². The maximum atomic E-state index is 13.3. The molecule has 0 aliphatic carbocycles. The molecular formula is C28H29ClN6O. The van der Waals surface area contributed by atoms with Crippen molar-refractivity contribution in [2.75, 3.05) is 13.1 Å². The first-order valence-electron chi connectivity index (χ1n) is 11.8. The van der Waals surface area contributed by atoms with Crippen LogP contribution in [-0.4, -0.2) is 45.7 Å². The molecule has 1 atom stereocenters. The molecule has 8 heteroatoms. The molecule has 4 rings (SSSR count). The van der Waals surface area contributed by atoms with Crippen LogP contribution in [0.1, 0.15) is 24.1 Å². The van der Waals surface area contributed by atoms with Crippen molar-refractivity contribution in [3.8, 4) is 0 Å². The van der Waals surface area contributed by atoms with Crippen LogP contribution in [0.25, 0.3) is 11.3 Å². The van der Waals surface area contributed by atoms with Gasteiger partial charge in [0.1, 0.15) is 12.0 Å². The van der Waals surface area contributed by atoms with E-state index in [1.807, 2.05) is 53.4 Å². The number of nitrogens with two attached hydrogens (primary N) is 1. The van der Waals surface area contributed by atoms with Crippen molar-refractivity contribution in [3.05, 3.63) is 108 Å². The van der Waals surface area contributed by atoms with Gasteiger partial charge in [-0.15, -0.1) is 0 Å². The standard InChI is InChI=1S/C28H29ClN6O/c1-21(26-11-5-6-13-32-26)33-27-16-24(29)12-15-34(27)20-28(36)35-14-7-10-25(35)19-31-18-23(17-30)22-8-3-2-4-9-22/h2-6,8-9,11-13,15-18,25H,1,7,10,14,19-20,30H2/b23-17+,31-18?,33-27?/t25-/m0/s1. The first-order valence-corrected chi connectivity index (χ1v) is 12.2. The Bertz CT molecular complexity index is 1330. The molecular weight excluding hydrogens is 472 g/mol. The van der Waals surface area contributed by atoms with Gasteiger partial charge >= 0.3 is 0 Å². The number of hydrogen-bond acceptors (Lipinski definition) is 5. The van der Waals surface area contributed by atoms with Crippen LogP contribution in [0.5, 0.6) is 0 Å². The van der Waals surface area contributed by atoms with E-state index in [9.17, 15) is 4.79 Å². The lowest BCUT2D eigenvalue weighted by molar-refractivity contribution is -0.132. The summed E-state index contributed by atoms with van der Waals surface area (Å²) < 4.78 is 1.78. The topological polar surface area (TPSA) is 88.9 Å². The van der Waals surface area contributed by atoms with E-state index in [1.165, 1.54) is 0 Å². The minimum absolute atomic E-state index is 0.0116. The number of nitrogens with zero attached hydrogens (tertiary/aromatic N) is 5. The van der Waals surface area contributed by atoms with Crippen LogP contribution in [0.2, 0.25) is 5.02 Å². The molecule has 0 saturated carbocycles. The Hall–Kier alpha value is -3.97. The molecule has 1 aliphatic rings. The third-order valence-electron chi connectivity index (χ3n) is 6.02. The van der Waals surface area contributed by atoms with Crippen LogP contribution < -0.4 is 11.2 Å². The highest BCUT2D eigenvalue weighted by atomic mass is 35.5. The Balaban J connectivity index is 1.46. The zero-order valence-electron chi connectivity index (χ0n) is 20.0. The summed E-state index contributed by atoms with van der Waals surface area (Å²) in [5, 5.41) is 0.529. The van der Waals surface area contributed by atoms with E-state index in [0.717, 1.165) is 24.0 Å². The van der Waals surface area contributed by atoms with Gasteiger partial charge in [0, 0.05) is 41.9 Å². The third-order valence-corrected chi connectivity index (χ3v) is 6.26. The summed E-state index contributed by atoms with van der Waals surface area (Å²) in [6.45, 7) is 5.40. The van der Waals surface area contributed by atoms with Gasteiger partial charge in [-0.2, -0.15) is 0 Å². The quantitative estimate of drug-likeness (QED) is 0.471. The lowest BCUT2D eigenvalue weighted by Gasteiger charge is -2.24. The number of aromatic nitrogens is 2. The number of hydrogen-bond donors (Lipinski definition) is 1. The van der Waals surface area contributed by atoms with Crippen molar-refractivity contribution in [1.29, 1.82) is 0 Å². The van der Waals surface area contributed by atoms with Crippen molar-refractivity contribution in [1.82, 2.24) is 14.5 Å². The summed E-state index contributed by atoms with van der Waals surface area (Å²) in [6, 6.07) is 18.9. The van der Waals surface area contributed by atoms with Crippen molar-refractivity contribution in [2.45, 2.75) is 25.4 Å². The number of benzene rings is 1. The van der Waals surface area contributed by atoms with Gasteiger partial charge in [-0.3, -0.25) is 14.8 Å². The predicted octanol–water partition coefficient (Wildman–Crippen LogP) is 4.17. The molecule has 0 bridgehead atoms. The molecule has 3 heterocycles. The first-order chi connectivity index (χ1) is 17.5. The molecule has 1 aliphatic heterocycles. The Labute approximate surface area is 216 Å². The molecule has 3 aromatic rings. The number of rotatable bonds is 8. The molecule has 1 aromatic carbocycles. The normalized spacial score (nSPS) is 16.6. The molecule has 1 saturated heterocycles. The molecule has 0 radical (unpaired) electrons. The molecule has 184 valence electrons. The van der Waals surface area contributed by atoms with E-state index in [4.69, 9.17) is 17.3 Å². The summed E-state index contributed by atoms with van der Waals surface area (Å²) in [4.78, 5) is 28.7. The predicted molar refractivity (Wildman–Crippen MR) is 145 cm³/mol. The minimum atomic E-state index is 0.0116. The fourth-order valence-electron chi connectivity index (χ4n) is 4.16. The van der Waals surface area contributed by atoms with Crippen LogP contribution >= 0.6 is 11.6 Å². The molecule has 2 aromatic heterocycles. The molecule has 7 nitrogen and oxygen atoms in total. The van der Waals surface area contributed by atoms with E-state index >= 15 is 0 Å². The number of carbonyl (C=O) groups is 1. The van der Waals surface area contributed by atoms with E-state index in [0.29, 0.717) is 35.0 Å². The SMILES string of the molecule is C=C(N=c1cc(Cl)ccn1CC(=O)N1CCC[C@H]1CN=C/C(=C\N)c1ccccc1)c1ccccn1. The van der Waals surface area contributed by atoms with Gasteiger partial charge in [-0.1, -0.05) is 54.6 Å². The highest BCUT2D eigenvalue weighted by molar-refractivity contribution is 6.30. The Morgan fingerprint density at radius 2 is 2.00 bits per heavy atom. The number of carbonyl (C=O) groups excluding carboxylic acids is 1. The average molecular weight is 501 g/mol. The summed E-state index contributed by atoms with van der Waals surface area (Å²) in [5.41, 5.74) is 9.36. The molecule has 1 fully saturated rings. The number of halogens is 1. The van der Waals surface area contributed by atoms with E-state index < -0.39 is 0 Å². The molecule has 2 N–H and O–H groups in total. The molecule has 0 unspecified atom stereocenters. The third kappa shape index (κ3) is 6.37. The van der Waals surface area contributed by atoms with Crippen molar-refractivity contribution in [3.63, 3.8) is 0 Å². The van der Waals surface area contributed by atoms with Gasteiger partial charge < -0.3 is 15.2 Å². The van der Waals surface area contributed by atoms with Crippen LogP contribution in [0.3, 0.4) is 0 Å². The monoisotopic (exact) mass is 500 g/mol. The fourth-order valence-corrected chi connectivity index (χ4v) is 4.31. The summed E-state index contributed by atoms with van der Waals surface area (Å²) >= 11 is 6.23. The zero-order valence-corrected chi connectivity index (χ0v) is 20.8. The maximum Gasteiger partial charge on any atom is 0.242 e. The van der Waals surface area contributed by atoms with Crippen LogP contribution in [0.15, 0.2) is 95.8 Å². The fraction of sp³-hybridized carbons (Fsp3) is 0.214. The highest BCUT2D eigenvalue weighted by Gasteiger charge is 2.28. The minimum Gasteiger partial charge on any atom is -0.404 e.